The van der Waals surface area contributed by atoms with Crippen LogP contribution in [0.15, 0.2) is 23.0 Å². The molecule has 8 heteroatoms. The van der Waals surface area contributed by atoms with Crippen molar-refractivity contribution in [2.45, 2.75) is 44.9 Å². The lowest BCUT2D eigenvalue weighted by molar-refractivity contribution is -0.121. The van der Waals surface area contributed by atoms with Crippen molar-refractivity contribution in [3.05, 3.63) is 50.4 Å². The van der Waals surface area contributed by atoms with E-state index in [1.165, 1.54) is 16.9 Å². The quantitative estimate of drug-likeness (QED) is 0.560. The minimum absolute atomic E-state index is 0.0614. The van der Waals surface area contributed by atoms with Gasteiger partial charge in [0.1, 0.15) is 10.7 Å². The Morgan fingerprint density at radius 3 is 2.77 bits per heavy atom. The van der Waals surface area contributed by atoms with E-state index in [-0.39, 0.29) is 17.9 Å². The monoisotopic (exact) mass is 441 g/mol. The number of hydrogen-bond donors (Lipinski definition) is 2. The highest BCUT2D eigenvalue weighted by atomic mass is 32.1. The molecule has 1 aliphatic rings. The molecule has 164 valence electrons. The fourth-order valence-corrected chi connectivity index (χ4v) is 5.31. The van der Waals surface area contributed by atoms with E-state index in [1.807, 2.05) is 18.2 Å². The topological polar surface area (TPSA) is 93.3 Å². The van der Waals surface area contributed by atoms with Gasteiger partial charge >= 0.3 is 0 Å². The maximum Gasteiger partial charge on any atom is 0.259 e. The number of ether oxygens (including phenoxy) is 2. The minimum Gasteiger partial charge on any atom is -0.493 e. The molecule has 0 unspecified atom stereocenters. The van der Waals surface area contributed by atoms with Crippen LogP contribution in [0.1, 0.15) is 41.1 Å². The number of H-pyrrole nitrogens is 1. The molecule has 1 aliphatic carbocycles. The smallest absolute Gasteiger partial charge is 0.259 e. The number of carbonyl (C=O) groups is 1. The number of thiophene rings is 1. The molecule has 2 aromatic heterocycles. The van der Waals surface area contributed by atoms with Gasteiger partial charge in [-0.3, -0.25) is 9.59 Å². The van der Waals surface area contributed by atoms with E-state index < -0.39 is 0 Å². The summed E-state index contributed by atoms with van der Waals surface area (Å²) in [7, 11) is 3.20. The highest BCUT2D eigenvalue weighted by molar-refractivity contribution is 7.18. The Bertz CT molecular complexity index is 1150. The number of fused-ring (bicyclic) bond motifs is 3. The van der Waals surface area contributed by atoms with Gasteiger partial charge in [-0.15, -0.1) is 11.3 Å². The summed E-state index contributed by atoms with van der Waals surface area (Å²) in [6.45, 7) is 0.523. The fraction of sp³-hybridized carbons (Fsp3) is 0.435. The number of carbonyl (C=O) groups excluding carboxylic acids is 1. The molecule has 0 atom stereocenters. The number of methoxy groups -OCH3 is 2. The summed E-state index contributed by atoms with van der Waals surface area (Å²) < 4.78 is 10.6. The Hall–Kier alpha value is -2.87. The van der Waals surface area contributed by atoms with Crippen LogP contribution < -0.4 is 20.3 Å². The number of nitrogens with zero attached hydrogens (tertiary/aromatic N) is 1. The van der Waals surface area contributed by atoms with Crippen molar-refractivity contribution < 1.29 is 14.3 Å². The van der Waals surface area contributed by atoms with Gasteiger partial charge in [0.2, 0.25) is 5.91 Å². The lowest BCUT2D eigenvalue weighted by Gasteiger charge is -2.10. The van der Waals surface area contributed by atoms with Gasteiger partial charge in [0.05, 0.1) is 19.6 Å². The molecule has 3 aromatic rings. The third kappa shape index (κ3) is 4.74. The molecule has 0 saturated carbocycles. The minimum atomic E-state index is -0.0757. The van der Waals surface area contributed by atoms with Gasteiger partial charge in [-0.05, 0) is 55.4 Å². The van der Waals surface area contributed by atoms with E-state index in [9.17, 15) is 9.59 Å². The van der Waals surface area contributed by atoms with E-state index >= 15 is 0 Å². The summed E-state index contributed by atoms with van der Waals surface area (Å²) in [4.78, 5) is 34.5. The molecule has 0 bridgehead atoms. The zero-order valence-corrected chi connectivity index (χ0v) is 18.7. The van der Waals surface area contributed by atoms with Gasteiger partial charge < -0.3 is 19.8 Å². The van der Waals surface area contributed by atoms with Crippen LogP contribution in [0.4, 0.5) is 0 Å². The van der Waals surface area contributed by atoms with Gasteiger partial charge in [-0.2, -0.15) is 0 Å². The third-order valence-corrected chi connectivity index (χ3v) is 6.83. The van der Waals surface area contributed by atoms with Crippen molar-refractivity contribution >= 4 is 27.5 Å². The van der Waals surface area contributed by atoms with Crippen molar-refractivity contribution in [2.24, 2.45) is 0 Å². The lowest BCUT2D eigenvalue weighted by atomic mass is 9.97. The number of aromatic nitrogens is 2. The number of aryl methyl sites for hydroxylation is 3. The van der Waals surface area contributed by atoms with Crippen LogP contribution in [0.3, 0.4) is 0 Å². The predicted octanol–water partition coefficient (Wildman–Crippen LogP) is 3.17. The van der Waals surface area contributed by atoms with Crippen LogP contribution in [0.2, 0.25) is 0 Å². The molecule has 7 nitrogen and oxygen atoms in total. The summed E-state index contributed by atoms with van der Waals surface area (Å²) in [6, 6.07) is 5.73. The van der Waals surface area contributed by atoms with Gasteiger partial charge in [0.15, 0.2) is 11.5 Å². The largest absolute Gasteiger partial charge is 0.493 e. The maximum atomic E-state index is 12.6. The van der Waals surface area contributed by atoms with Crippen LogP contribution in [-0.2, 0) is 30.5 Å². The summed E-state index contributed by atoms with van der Waals surface area (Å²) >= 11 is 1.63. The first-order valence-corrected chi connectivity index (χ1v) is 11.4. The average molecular weight is 442 g/mol. The first kappa shape index (κ1) is 21.4. The highest BCUT2D eigenvalue weighted by Crippen LogP contribution is 2.33. The van der Waals surface area contributed by atoms with E-state index in [0.717, 1.165) is 35.0 Å². The Kier molecular flexibility index (Phi) is 6.56. The SMILES string of the molecule is COc1ccc(CCNC(=O)CCc2nc3sc4c(c3c(=O)[nH]2)CCCC4)cc1OC. The molecule has 0 spiro atoms. The number of benzene rings is 1. The third-order valence-electron chi connectivity index (χ3n) is 5.65. The van der Waals surface area contributed by atoms with Crippen molar-refractivity contribution in [3.63, 3.8) is 0 Å². The molecular formula is C23H27N3O4S. The van der Waals surface area contributed by atoms with Crippen LogP contribution in [-0.4, -0.2) is 36.6 Å². The zero-order valence-electron chi connectivity index (χ0n) is 17.9. The first-order valence-electron chi connectivity index (χ1n) is 10.6. The molecule has 1 amide bonds. The zero-order chi connectivity index (χ0) is 21.8. The molecule has 2 N–H and O–H groups in total. The van der Waals surface area contributed by atoms with Crippen molar-refractivity contribution in [1.29, 1.82) is 0 Å². The van der Waals surface area contributed by atoms with Crippen LogP contribution in [0.25, 0.3) is 10.2 Å². The normalized spacial score (nSPS) is 13.1. The lowest BCUT2D eigenvalue weighted by Crippen LogP contribution is -2.26. The molecule has 0 saturated heterocycles. The van der Waals surface area contributed by atoms with E-state index in [1.54, 1.807) is 25.6 Å². The molecule has 0 fully saturated rings. The van der Waals surface area contributed by atoms with Gasteiger partial charge in [-0.1, -0.05) is 6.07 Å². The predicted molar refractivity (Wildman–Crippen MR) is 121 cm³/mol. The fourth-order valence-electron chi connectivity index (χ4n) is 4.03. The van der Waals surface area contributed by atoms with Crippen LogP contribution in [0, 0.1) is 0 Å². The Balaban J connectivity index is 1.32. The maximum absolute atomic E-state index is 12.6. The van der Waals surface area contributed by atoms with Crippen LogP contribution >= 0.6 is 11.3 Å². The highest BCUT2D eigenvalue weighted by Gasteiger charge is 2.19. The Labute approximate surface area is 184 Å². The summed E-state index contributed by atoms with van der Waals surface area (Å²) in [5.74, 6) is 1.87. The van der Waals surface area contributed by atoms with Crippen molar-refractivity contribution in [2.75, 3.05) is 20.8 Å². The molecule has 1 aromatic carbocycles. The van der Waals surface area contributed by atoms with E-state index in [4.69, 9.17) is 9.47 Å². The van der Waals surface area contributed by atoms with E-state index in [2.05, 4.69) is 15.3 Å². The molecule has 0 radical (unpaired) electrons. The van der Waals surface area contributed by atoms with Gasteiger partial charge in [0, 0.05) is 24.3 Å². The van der Waals surface area contributed by atoms with Gasteiger partial charge in [0.25, 0.3) is 5.56 Å². The van der Waals surface area contributed by atoms with Crippen molar-refractivity contribution in [1.82, 2.24) is 15.3 Å². The molecule has 31 heavy (non-hydrogen) atoms. The van der Waals surface area contributed by atoms with Gasteiger partial charge in [-0.25, -0.2) is 4.98 Å². The average Bonchev–Trinajstić information content (AvgIpc) is 3.16. The number of hydrogen-bond acceptors (Lipinski definition) is 6. The molecule has 4 rings (SSSR count). The standard InChI is InChI=1S/C23H27N3O4S/c1-29-16-8-7-14(13-17(16)30-2)11-12-24-20(27)10-9-19-25-22(28)21-15-5-3-4-6-18(15)31-23(21)26-19/h7-8,13H,3-6,9-12H2,1-2H3,(H,24,27)(H,25,26,28). The number of aromatic amines is 1. The molecule has 2 heterocycles. The van der Waals surface area contributed by atoms with Crippen molar-refractivity contribution in [3.8, 4) is 11.5 Å². The van der Waals surface area contributed by atoms with E-state index in [0.29, 0.717) is 36.7 Å². The van der Waals surface area contributed by atoms with Crippen LogP contribution in [0.5, 0.6) is 11.5 Å². The summed E-state index contributed by atoms with van der Waals surface area (Å²) in [6.07, 6.45) is 5.68. The second kappa shape index (κ2) is 9.51. The number of nitrogens with one attached hydrogen (secondary N) is 2. The first-order chi connectivity index (χ1) is 15.1. The summed E-state index contributed by atoms with van der Waals surface area (Å²) in [5.41, 5.74) is 2.16. The molecule has 0 aliphatic heterocycles. The molecular weight excluding hydrogens is 414 g/mol. The Morgan fingerprint density at radius 1 is 1.16 bits per heavy atom. The second-order valence-corrected chi connectivity index (χ2v) is 8.78. The second-order valence-electron chi connectivity index (χ2n) is 7.69. The summed E-state index contributed by atoms with van der Waals surface area (Å²) in [5, 5.41) is 3.68. The number of amides is 1. The number of rotatable bonds is 8. The Morgan fingerprint density at radius 2 is 1.97 bits per heavy atom.